The van der Waals surface area contributed by atoms with E-state index in [9.17, 15) is 0 Å². The Morgan fingerprint density at radius 1 is 1.35 bits per heavy atom. The molecule has 0 aromatic carbocycles. The summed E-state index contributed by atoms with van der Waals surface area (Å²) in [4.78, 5) is 11.4. The van der Waals surface area contributed by atoms with E-state index in [1.54, 1.807) is 19.4 Å². The molecular formula is C15H24N4O. The van der Waals surface area contributed by atoms with Crippen molar-refractivity contribution in [3.63, 3.8) is 0 Å². The zero-order chi connectivity index (χ0) is 13.9. The van der Waals surface area contributed by atoms with E-state index in [1.165, 1.54) is 25.7 Å². The van der Waals surface area contributed by atoms with Gasteiger partial charge in [0.05, 0.1) is 7.11 Å². The van der Waals surface area contributed by atoms with Gasteiger partial charge in [0.15, 0.2) is 0 Å². The number of methoxy groups -OCH3 is 1. The molecule has 2 fully saturated rings. The molecule has 0 saturated carbocycles. The first-order valence-corrected chi connectivity index (χ1v) is 7.70. The fourth-order valence-electron chi connectivity index (χ4n) is 3.55. The van der Waals surface area contributed by atoms with Gasteiger partial charge in [-0.1, -0.05) is 6.92 Å². The number of hydrogen-bond acceptors (Lipinski definition) is 5. The molecule has 0 amide bonds. The highest BCUT2D eigenvalue weighted by molar-refractivity contribution is 5.34. The fraction of sp³-hybridized carbons (Fsp3) is 0.733. The molecular weight excluding hydrogens is 252 g/mol. The van der Waals surface area contributed by atoms with Gasteiger partial charge in [-0.2, -0.15) is 4.98 Å². The maximum absolute atomic E-state index is 5.23. The lowest BCUT2D eigenvalue weighted by Gasteiger charge is -2.37. The monoisotopic (exact) mass is 276 g/mol. The van der Waals surface area contributed by atoms with Crippen LogP contribution in [0.25, 0.3) is 0 Å². The van der Waals surface area contributed by atoms with Gasteiger partial charge in [-0.05, 0) is 32.1 Å². The van der Waals surface area contributed by atoms with Gasteiger partial charge in [0, 0.05) is 36.9 Å². The Bertz CT molecular complexity index is 441. The lowest BCUT2D eigenvalue weighted by molar-refractivity contribution is 0.342. The number of aromatic nitrogens is 2. The predicted octanol–water partition coefficient (Wildman–Crippen LogP) is 1.98. The van der Waals surface area contributed by atoms with Crippen LogP contribution < -0.4 is 15.0 Å². The largest absolute Gasteiger partial charge is 0.481 e. The van der Waals surface area contributed by atoms with E-state index in [2.05, 4.69) is 27.1 Å². The molecule has 1 N–H and O–H groups in total. The second-order valence-corrected chi connectivity index (χ2v) is 5.86. The summed E-state index contributed by atoms with van der Waals surface area (Å²) in [5.74, 6) is 1.46. The van der Waals surface area contributed by atoms with Crippen molar-refractivity contribution in [2.45, 2.75) is 57.2 Å². The van der Waals surface area contributed by atoms with E-state index < -0.39 is 0 Å². The third-order valence-electron chi connectivity index (χ3n) is 4.44. The summed E-state index contributed by atoms with van der Waals surface area (Å²) in [6.07, 6.45) is 7.95. The van der Waals surface area contributed by atoms with Gasteiger partial charge in [0.1, 0.15) is 0 Å². The lowest BCUT2D eigenvalue weighted by atomic mass is 9.98. The number of nitrogens with zero attached hydrogens (tertiary/aromatic N) is 3. The van der Waals surface area contributed by atoms with E-state index in [4.69, 9.17) is 4.74 Å². The first-order valence-electron chi connectivity index (χ1n) is 7.70. The van der Waals surface area contributed by atoms with Crippen LogP contribution in [0.5, 0.6) is 5.88 Å². The van der Waals surface area contributed by atoms with Crippen LogP contribution in [-0.2, 0) is 0 Å². The molecule has 2 unspecified atom stereocenters. The highest BCUT2D eigenvalue weighted by atomic mass is 16.5. The topological polar surface area (TPSA) is 50.3 Å². The predicted molar refractivity (Wildman–Crippen MR) is 79.2 cm³/mol. The van der Waals surface area contributed by atoms with Gasteiger partial charge in [-0.3, -0.25) is 0 Å². The van der Waals surface area contributed by atoms with Crippen molar-refractivity contribution in [1.82, 2.24) is 15.3 Å². The number of nitrogens with one attached hydrogen (secondary N) is 1. The highest BCUT2D eigenvalue weighted by Gasteiger charge is 2.36. The Kier molecular flexibility index (Phi) is 4.05. The molecule has 1 aromatic heterocycles. The SMILES string of the molecule is CCCN(c1nccc(OC)n1)C1CC2CCC(C1)N2. The number of hydrogen-bond donors (Lipinski definition) is 1. The number of fused-ring (bicyclic) bond motifs is 2. The van der Waals surface area contributed by atoms with Gasteiger partial charge in [0.2, 0.25) is 11.8 Å². The van der Waals surface area contributed by atoms with Crippen LogP contribution in [-0.4, -0.2) is 41.7 Å². The summed E-state index contributed by atoms with van der Waals surface area (Å²) >= 11 is 0. The zero-order valence-electron chi connectivity index (χ0n) is 12.4. The first-order chi connectivity index (χ1) is 9.80. The van der Waals surface area contributed by atoms with Crippen LogP contribution in [0, 0.1) is 0 Å². The summed E-state index contributed by atoms with van der Waals surface area (Å²) in [5.41, 5.74) is 0. The molecule has 3 heterocycles. The van der Waals surface area contributed by atoms with Gasteiger partial charge >= 0.3 is 0 Å². The molecule has 0 spiro atoms. The van der Waals surface area contributed by atoms with Crippen LogP contribution >= 0.6 is 0 Å². The minimum absolute atomic E-state index is 0.556. The van der Waals surface area contributed by atoms with Gasteiger partial charge in [-0.15, -0.1) is 0 Å². The van der Waals surface area contributed by atoms with Crippen LogP contribution in [0.2, 0.25) is 0 Å². The first kappa shape index (κ1) is 13.6. The third-order valence-corrected chi connectivity index (χ3v) is 4.44. The molecule has 2 aliphatic rings. The van der Waals surface area contributed by atoms with Crippen LogP contribution in [0.1, 0.15) is 39.0 Å². The summed E-state index contributed by atoms with van der Waals surface area (Å²) in [6.45, 7) is 3.22. The molecule has 2 aliphatic heterocycles. The Morgan fingerprint density at radius 2 is 2.10 bits per heavy atom. The third kappa shape index (κ3) is 2.73. The molecule has 1 aromatic rings. The van der Waals surface area contributed by atoms with E-state index in [0.29, 0.717) is 24.0 Å². The highest BCUT2D eigenvalue weighted by Crippen LogP contribution is 2.31. The quantitative estimate of drug-likeness (QED) is 0.891. The van der Waals surface area contributed by atoms with E-state index >= 15 is 0 Å². The number of rotatable bonds is 5. The maximum atomic E-state index is 5.23. The maximum Gasteiger partial charge on any atom is 0.228 e. The number of piperidine rings is 1. The minimum atomic E-state index is 0.556. The molecule has 0 aliphatic carbocycles. The summed E-state index contributed by atoms with van der Waals surface area (Å²) in [6, 6.07) is 3.73. The molecule has 5 nitrogen and oxygen atoms in total. The van der Waals surface area contributed by atoms with Gasteiger partial charge in [-0.25, -0.2) is 4.98 Å². The van der Waals surface area contributed by atoms with Gasteiger partial charge < -0.3 is 15.0 Å². The number of anilines is 1. The average molecular weight is 276 g/mol. The summed E-state index contributed by atoms with van der Waals surface area (Å²) in [5, 5.41) is 3.70. The Morgan fingerprint density at radius 3 is 2.75 bits per heavy atom. The van der Waals surface area contributed by atoms with Crippen LogP contribution in [0.15, 0.2) is 12.3 Å². The zero-order valence-corrected chi connectivity index (χ0v) is 12.4. The van der Waals surface area contributed by atoms with E-state index in [0.717, 1.165) is 18.9 Å². The second-order valence-electron chi connectivity index (χ2n) is 5.86. The smallest absolute Gasteiger partial charge is 0.228 e. The summed E-state index contributed by atoms with van der Waals surface area (Å²) in [7, 11) is 1.65. The Balaban J connectivity index is 1.80. The van der Waals surface area contributed by atoms with Crippen molar-refractivity contribution in [2.75, 3.05) is 18.6 Å². The van der Waals surface area contributed by atoms with Crippen molar-refractivity contribution in [2.24, 2.45) is 0 Å². The molecule has 2 saturated heterocycles. The average Bonchev–Trinajstić information content (AvgIpc) is 2.83. The second kappa shape index (κ2) is 5.95. The minimum Gasteiger partial charge on any atom is -0.481 e. The lowest BCUT2D eigenvalue weighted by Crippen LogP contribution is -2.49. The molecule has 110 valence electrons. The van der Waals surface area contributed by atoms with Crippen molar-refractivity contribution in [3.05, 3.63) is 12.3 Å². The standard InChI is InChI=1S/C15H24N4O/c1-3-8-19(15-16-7-6-14(18-15)20-2)13-9-11-4-5-12(10-13)17-11/h6-7,11-13,17H,3-5,8-10H2,1-2H3. The van der Waals surface area contributed by atoms with Crippen LogP contribution in [0.3, 0.4) is 0 Å². The van der Waals surface area contributed by atoms with Crippen molar-refractivity contribution < 1.29 is 4.74 Å². The molecule has 20 heavy (non-hydrogen) atoms. The molecule has 5 heteroatoms. The molecule has 3 rings (SSSR count). The fourth-order valence-corrected chi connectivity index (χ4v) is 3.55. The van der Waals surface area contributed by atoms with Crippen molar-refractivity contribution in [1.29, 1.82) is 0 Å². The molecule has 2 bridgehead atoms. The molecule has 0 radical (unpaired) electrons. The Labute approximate surface area is 120 Å². The summed E-state index contributed by atoms with van der Waals surface area (Å²) < 4.78 is 5.23. The van der Waals surface area contributed by atoms with E-state index in [1.807, 2.05) is 0 Å². The Hall–Kier alpha value is -1.36. The normalized spacial score (nSPS) is 28.4. The van der Waals surface area contributed by atoms with Gasteiger partial charge in [0.25, 0.3) is 0 Å². The van der Waals surface area contributed by atoms with Crippen LogP contribution in [0.4, 0.5) is 5.95 Å². The van der Waals surface area contributed by atoms with Crippen molar-refractivity contribution >= 4 is 5.95 Å². The molecule has 2 atom stereocenters. The van der Waals surface area contributed by atoms with Crippen molar-refractivity contribution in [3.8, 4) is 5.88 Å². The van der Waals surface area contributed by atoms with E-state index in [-0.39, 0.29) is 0 Å². The number of ether oxygens (including phenoxy) is 1.